The lowest BCUT2D eigenvalue weighted by atomic mass is 10.1. The molecule has 0 radical (unpaired) electrons. The van der Waals surface area contributed by atoms with Crippen LogP contribution >= 0.6 is 38.9 Å². The Balaban J connectivity index is 2.58. The molecule has 0 spiro atoms. The summed E-state index contributed by atoms with van der Waals surface area (Å²) in [6.45, 7) is 0. The zero-order valence-electron chi connectivity index (χ0n) is 8.17. The number of halogens is 2. The van der Waals surface area contributed by atoms with Crippen molar-refractivity contribution in [2.24, 2.45) is 0 Å². The molecule has 1 aromatic heterocycles. The fourth-order valence-electron chi connectivity index (χ4n) is 1.58. The van der Waals surface area contributed by atoms with Crippen LogP contribution in [0.25, 0.3) is 10.1 Å². The number of benzene rings is 1. The second kappa shape index (κ2) is 4.73. The molecule has 2 aromatic rings. The summed E-state index contributed by atoms with van der Waals surface area (Å²) in [5.41, 5.74) is 1.89. The maximum Gasteiger partial charge on any atom is 0.307 e. The van der Waals surface area contributed by atoms with Crippen molar-refractivity contribution in [3.05, 3.63) is 33.7 Å². The minimum absolute atomic E-state index is 0.00717. The Kier molecular flexibility index (Phi) is 3.52. The Labute approximate surface area is 110 Å². The molecule has 0 aliphatic heterocycles. The Hall–Kier alpha value is -0.580. The molecule has 0 amide bonds. The van der Waals surface area contributed by atoms with E-state index >= 15 is 0 Å². The van der Waals surface area contributed by atoms with Gasteiger partial charge in [-0.15, -0.1) is 11.3 Å². The highest BCUT2D eigenvalue weighted by atomic mass is 79.9. The Morgan fingerprint density at radius 2 is 2.25 bits per heavy atom. The molecule has 2 rings (SSSR count). The number of carboxylic acids is 1. The van der Waals surface area contributed by atoms with E-state index in [4.69, 9.17) is 16.7 Å². The third-order valence-electron chi connectivity index (χ3n) is 2.27. The molecular formula is C11H8BrClO2S. The van der Waals surface area contributed by atoms with Crippen molar-refractivity contribution in [3.8, 4) is 0 Å². The van der Waals surface area contributed by atoms with Crippen LogP contribution in [0.4, 0.5) is 0 Å². The maximum absolute atomic E-state index is 10.7. The average Bonchev–Trinajstić information content (AvgIpc) is 2.60. The summed E-state index contributed by atoms with van der Waals surface area (Å²) in [5, 5.41) is 13.2. The molecule has 5 heteroatoms. The maximum atomic E-state index is 10.7. The first-order valence-electron chi connectivity index (χ1n) is 4.58. The standard InChI is InChI=1S/C11H8BrClO2S/c12-4-7-5-16-11-8(7)1-6(2-9(11)13)3-10(14)15/h1-2,5H,3-4H2,(H,14,15). The van der Waals surface area contributed by atoms with Gasteiger partial charge < -0.3 is 5.11 Å². The van der Waals surface area contributed by atoms with Gasteiger partial charge in [0.25, 0.3) is 0 Å². The van der Waals surface area contributed by atoms with Gasteiger partial charge in [-0.1, -0.05) is 27.5 Å². The van der Waals surface area contributed by atoms with Crippen LogP contribution in [-0.4, -0.2) is 11.1 Å². The summed E-state index contributed by atoms with van der Waals surface area (Å²) in [5.74, 6) is -0.842. The number of aliphatic carboxylic acids is 1. The van der Waals surface area contributed by atoms with E-state index in [1.165, 1.54) is 0 Å². The van der Waals surface area contributed by atoms with Gasteiger partial charge in [0.1, 0.15) is 0 Å². The average molecular weight is 320 g/mol. The summed E-state index contributed by atoms with van der Waals surface area (Å²) in [6, 6.07) is 3.63. The lowest BCUT2D eigenvalue weighted by molar-refractivity contribution is -0.136. The van der Waals surface area contributed by atoms with Crippen LogP contribution < -0.4 is 0 Å². The normalized spacial score (nSPS) is 10.9. The van der Waals surface area contributed by atoms with E-state index in [0.717, 1.165) is 26.5 Å². The SMILES string of the molecule is O=C(O)Cc1cc(Cl)c2scc(CBr)c2c1. The molecule has 0 unspecified atom stereocenters. The smallest absolute Gasteiger partial charge is 0.307 e. The van der Waals surface area contributed by atoms with Crippen molar-refractivity contribution in [2.45, 2.75) is 11.8 Å². The van der Waals surface area contributed by atoms with Gasteiger partial charge in [0.15, 0.2) is 0 Å². The number of rotatable bonds is 3. The van der Waals surface area contributed by atoms with E-state index < -0.39 is 5.97 Å². The van der Waals surface area contributed by atoms with E-state index in [0.29, 0.717) is 5.02 Å². The van der Waals surface area contributed by atoms with Gasteiger partial charge in [-0.05, 0) is 34.0 Å². The minimum Gasteiger partial charge on any atom is -0.481 e. The highest BCUT2D eigenvalue weighted by Crippen LogP contribution is 2.34. The molecule has 2 nitrogen and oxygen atoms in total. The second-order valence-electron chi connectivity index (χ2n) is 3.42. The predicted octanol–water partition coefficient (Wildman–Crippen LogP) is 4.08. The Bertz CT molecular complexity index is 550. The van der Waals surface area contributed by atoms with Gasteiger partial charge in [0.2, 0.25) is 0 Å². The summed E-state index contributed by atoms with van der Waals surface area (Å²) >= 11 is 11.1. The third kappa shape index (κ3) is 2.24. The van der Waals surface area contributed by atoms with Crippen LogP contribution in [0.3, 0.4) is 0 Å². The van der Waals surface area contributed by atoms with Crippen LogP contribution in [0.2, 0.25) is 5.02 Å². The van der Waals surface area contributed by atoms with Crippen LogP contribution in [0.5, 0.6) is 0 Å². The van der Waals surface area contributed by atoms with Gasteiger partial charge in [-0.2, -0.15) is 0 Å². The largest absolute Gasteiger partial charge is 0.481 e. The van der Waals surface area contributed by atoms with Crippen LogP contribution in [0.1, 0.15) is 11.1 Å². The van der Waals surface area contributed by atoms with Crippen molar-refractivity contribution < 1.29 is 9.90 Å². The lowest BCUT2D eigenvalue weighted by Crippen LogP contribution is -1.99. The van der Waals surface area contributed by atoms with E-state index in [-0.39, 0.29) is 6.42 Å². The van der Waals surface area contributed by atoms with Crippen molar-refractivity contribution in [3.63, 3.8) is 0 Å². The first kappa shape index (κ1) is 11.9. The number of hydrogen-bond donors (Lipinski definition) is 1. The van der Waals surface area contributed by atoms with E-state index in [9.17, 15) is 4.79 Å². The number of thiophene rings is 1. The summed E-state index contributed by atoms with van der Waals surface area (Å²) < 4.78 is 1.02. The zero-order chi connectivity index (χ0) is 11.7. The Morgan fingerprint density at radius 1 is 1.50 bits per heavy atom. The molecular weight excluding hydrogens is 312 g/mol. The number of fused-ring (bicyclic) bond motifs is 1. The quantitative estimate of drug-likeness (QED) is 0.866. The van der Waals surface area contributed by atoms with Crippen LogP contribution in [0.15, 0.2) is 17.5 Å². The zero-order valence-corrected chi connectivity index (χ0v) is 11.3. The second-order valence-corrected chi connectivity index (χ2v) is 5.27. The topological polar surface area (TPSA) is 37.3 Å². The fourth-order valence-corrected chi connectivity index (χ4v) is 3.59. The minimum atomic E-state index is -0.842. The van der Waals surface area contributed by atoms with Crippen LogP contribution in [0, 0.1) is 0 Å². The first-order chi connectivity index (χ1) is 7.61. The number of carboxylic acid groups (broad SMARTS) is 1. The molecule has 0 saturated heterocycles. The third-order valence-corrected chi connectivity index (χ3v) is 4.36. The van der Waals surface area contributed by atoms with Crippen molar-refractivity contribution >= 4 is 54.9 Å². The number of alkyl halides is 1. The van der Waals surface area contributed by atoms with Crippen molar-refractivity contribution in [1.29, 1.82) is 0 Å². The van der Waals surface area contributed by atoms with Crippen LogP contribution in [-0.2, 0) is 16.5 Å². The Morgan fingerprint density at radius 3 is 2.88 bits per heavy atom. The summed E-state index contributed by atoms with van der Waals surface area (Å²) in [4.78, 5) is 10.7. The summed E-state index contributed by atoms with van der Waals surface area (Å²) in [6.07, 6.45) is 0.00717. The van der Waals surface area contributed by atoms with E-state index in [1.54, 1.807) is 17.4 Å². The summed E-state index contributed by atoms with van der Waals surface area (Å²) in [7, 11) is 0. The van der Waals surface area contributed by atoms with Gasteiger partial charge in [0, 0.05) is 5.33 Å². The predicted molar refractivity (Wildman–Crippen MR) is 70.8 cm³/mol. The molecule has 0 fully saturated rings. The first-order valence-corrected chi connectivity index (χ1v) is 6.96. The van der Waals surface area contributed by atoms with Crippen molar-refractivity contribution in [1.82, 2.24) is 0 Å². The molecule has 84 valence electrons. The highest BCUT2D eigenvalue weighted by molar-refractivity contribution is 9.08. The monoisotopic (exact) mass is 318 g/mol. The number of carbonyl (C=O) groups is 1. The molecule has 1 heterocycles. The lowest BCUT2D eigenvalue weighted by Gasteiger charge is -2.01. The van der Waals surface area contributed by atoms with E-state index in [1.807, 2.05) is 11.4 Å². The molecule has 0 atom stereocenters. The molecule has 0 aliphatic rings. The molecule has 16 heavy (non-hydrogen) atoms. The van der Waals surface area contributed by atoms with E-state index in [2.05, 4.69) is 15.9 Å². The molecule has 0 bridgehead atoms. The fraction of sp³-hybridized carbons (Fsp3) is 0.182. The molecule has 1 N–H and O–H groups in total. The number of hydrogen-bond acceptors (Lipinski definition) is 2. The van der Waals surface area contributed by atoms with Gasteiger partial charge in [-0.3, -0.25) is 4.79 Å². The van der Waals surface area contributed by atoms with Gasteiger partial charge in [0.05, 0.1) is 16.1 Å². The molecule has 0 aliphatic carbocycles. The molecule has 1 aromatic carbocycles. The van der Waals surface area contributed by atoms with Gasteiger partial charge in [-0.25, -0.2) is 0 Å². The molecule has 0 saturated carbocycles. The highest BCUT2D eigenvalue weighted by Gasteiger charge is 2.10. The van der Waals surface area contributed by atoms with Crippen molar-refractivity contribution in [2.75, 3.05) is 0 Å². The van der Waals surface area contributed by atoms with Gasteiger partial charge >= 0.3 is 5.97 Å².